The summed E-state index contributed by atoms with van der Waals surface area (Å²) in [6.07, 6.45) is 0.667. The van der Waals surface area contributed by atoms with Gasteiger partial charge in [0.2, 0.25) is 0 Å². The van der Waals surface area contributed by atoms with Crippen LogP contribution in [0.3, 0.4) is 0 Å². The summed E-state index contributed by atoms with van der Waals surface area (Å²) >= 11 is 0. The first-order chi connectivity index (χ1) is 8.65. The number of aliphatic hydroxyl groups is 1. The van der Waals surface area contributed by atoms with Gasteiger partial charge in [-0.2, -0.15) is 0 Å². The Balaban J connectivity index is 2.91. The summed E-state index contributed by atoms with van der Waals surface area (Å²) in [6.45, 7) is 1.81. The number of methoxy groups -OCH3 is 2. The lowest BCUT2D eigenvalue weighted by Crippen LogP contribution is -2.37. The van der Waals surface area contributed by atoms with E-state index in [1.54, 1.807) is 25.3 Å². The number of hydrogen-bond acceptors (Lipinski definition) is 4. The van der Waals surface area contributed by atoms with Crippen LogP contribution in [-0.2, 0) is 0 Å². The molecule has 1 rings (SSSR count). The van der Waals surface area contributed by atoms with E-state index in [9.17, 15) is 4.79 Å². The van der Waals surface area contributed by atoms with Crippen molar-refractivity contribution in [3.63, 3.8) is 0 Å². The van der Waals surface area contributed by atoms with Crippen molar-refractivity contribution >= 4 is 5.91 Å². The van der Waals surface area contributed by atoms with Crippen LogP contribution < -0.4 is 14.8 Å². The van der Waals surface area contributed by atoms with Gasteiger partial charge in [0, 0.05) is 6.07 Å². The van der Waals surface area contributed by atoms with Crippen LogP contribution in [0.1, 0.15) is 23.7 Å². The molecule has 1 aromatic rings. The van der Waals surface area contributed by atoms with Crippen molar-refractivity contribution in [1.29, 1.82) is 0 Å². The molecule has 0 saturated carbocycles. The molecule has 18 heavy (non-hydrogen) atoms. The molecule has 100 valence electrons. The molecule has 5 nitrogen and oxygen atoms in total. The van der Waals surface area contributed by atoms with Crippen molar-refractivity contribution in [3.8, 4) is 11.5 Å². The van der Waals surface area contributed by atoms with Gasteiger partial charge in [-0.25, -0.2) is 0 Å². The van der Waals surface area contributed by atoms with Crippen molar-refractivity contribution in [2.75, 3.05) is 20.8 Å². The molecule has 0 aliphatic heterocycles. The maximum atomic E-state index is 12.0. The number of carbonyl (C=O) groups is 1. The Labute approximate surface area is 107 Å². The van der Waals surface area contributed by atoms with Gasteiger partial charge in [-0.3, -0.25) is 4.79 Å². The van der Waals surface area contributed by atoms with Crippen LogP contribution >= 0.6 is 0 Å². The average Bonchev–Trinajstić information content (AvgIpc) is 2.43. The molecule has 2 N–H and O–H groups in total. The molecule has 0 spiro atoms. The van der Waals surface area contributed by atoms with Gasteiger partial charge in [0.1, 0.15) is 11.5 Å². The van der Waals surface area contributed by atoms with Crippen molar-refractivity contribution in [1.82, 2.24) is 5.32 Å². The Bertz CT molecular complexity index is 402. The second-order valence-corrected chi connectivity index (χ2v) is 3.83. The highest BCUT2D eigenvalue weighted by atomic mass is 16.5. The number of nitrogens with one attached hydrogen (secondary N) is 1. The Morgan fingerprint density at radius 3 is 2.61 bits per heavy atom. The van der Waals surface area contributed by atoms with Crippen LogP contribution in [0.4, 0.5) is 0 Å². The van der Waals surface area contributed by atoms with E-state index >= 15 is 0 Å². The van der Waals surface area contributed by atoms with Gasteiger partial charge in [-0.05, 0) is 18.6 Å². The first-order valence-corrected chi connectivity index (χ1v) is 5.80. The first kappa shape index (κ1) is 14.3. The van der Waals surface area contributed by atoms with Gasteiger partial charge < -0.3 is 19.9 Å². The molecule has 0 aliphatic rings. The third-order valence-electron chi connectivity index (χ3n) is 2.70. The maximum Gasteiger partial charge on any atom is 0.255 e. The van der Waals surface area contributed by atoms with E-state index in [1.807, 2.05) is 6.92 Å². The fourth-order valence-electron chi connectivity index (χ4n) is 1.53. The van der Waals surface area contributed by atoms with E-state index in [0.717, 1.165) is 0 Å². The normalized spacial score (nSPS) is 11.8. The number of benzene rings is 1. The summed E-state index contributed by atoms with van der Waals surface area (Å²) in [5.41, 5.74) is 0.421. The Hall–Kier alpha value is -1.75. The zero-order valence-corrected chi connectivity index (χ0v) is 10.9. The van der Waals surface area contributed by atoms with Gasteiger partial charge in [0.15, 0.2) is 0 Å². The van der Waals surface area contributed by atoms with E-state index < -0.39 is 0 Å². The molecule has 0 fully saturated rings. The highest BCUT2D eigenvalue weighted by Gasteiger charge is 2.16. The van der Waals surface area contributed by atoms with Gasteiger partial charge in [0.05, 0.1) is 32.4 Å². The summed E-state index contributed by atoms with van der Waals surface area (Å²) < 4.78 is 10.2. The molecule has 0 bridgehead atoms. The predicted octanol–water partition coefficient (Wildman–Crippen LogP) is 1.20. The predicted molar refractivity (Wildman–Crippen MR) is 68.2 cm³/mol. The molecular weight excluding hydrogens is 234 g/mol. The number of aliphatic hydroxyl groups excluding tert-OH is 1. The molecule has 0 aliphatic carbocycles. The molecule has 5 heteroatoms. The van der Waals surface area contributed by atoms with Gasteiger partial charge >= 0.3 is 0 Å². The molecule has 0 aromatic heterocycles. The second-order valence-electron chi connectivity index (χ2n) is 3.83. The lowest BCUT2D eigenvalue weighted by molar-refractivity contribution is 0.0912. The van der Waals surface area contributed by atoms with E-state index in [4.69, 9.17) is 14.6 Å². The fraction of sp³-hybridized carbons (Fsp3) is 0.462. The van der Waals surface area contributed by atoms with E-state index in [2.05, 4.69) is 5.32 Å². The number of rotatable bonds is 6. The van der Waals surface area contributed by atoms with Crippen LogP contribution in [0.25, 0.3) is 0 Å². The summed E-state index contributed by atoms with van der Waals surface area (Å²) in [6, 6.07) is 4.73. The highest BCUT2D eigenvalue weighted by molar-refractivity contribution is 5.97. The zero-order valence-electron chi connectivity index (χ0n) is 10.9. The van der Waals surface area contributed by atoms with Crippen LogP contribution in [0.15, 0.2) is 18.2 Å². The lowest BCUT2D eigenvalue weighted by atomic mass is 10.1. The lowest BCUT2D eigenvalue weighted by Gasteiger charge is -2.15. The van der Waals surface area contributed by atoms with Crippen LogP contribution in [0.5, 0.6) is 11.5 Å². The Morgan fingerprint density at radius 1 is 1.39 bits per heavy atom. The summed E-state index contributed by atoms with van der Waals surface area (Å²) in [5, 5.41) is 11.8. The minimum absolute atomic E-state index is 0.0826. The molecule has 0 saturated heterocycles. The van der Waals surface area contributed by atoms with Crippen LogP contribution in [0, 0.1) is 0 Å². The molecule has 1 atom stereocenters. The smallest absolute Gasteiger partial charge is 0.255 e. The SMILES string of the molecule is CCC(CO)NC(=O)c1ccc(OC)cc1OC. The minimum atomic E-state index is -0.268. The number of ether oxygens (including phenoxy) is 2. The zero-order chi connectivity index (χ0) is 13.5. The van der Waals surface area contributed by atoms with Crippen molar-refractivity contribution < 1.29 is 19.4 Å². The molecule has 1 unspecified atom stereocenters. The van der Waals surface area contributed by atoms with E-state index in [1.165, 1.54) is 7.11 Å². The quantitative estimate of drug-likeness (QED) is 0.799. The molecule has 0 heterocycles. The number of amides is 1. The molecule has 1 aromatic carbocycles. The summed E-state index contributed by atoms with van der Waals surface area (Å²) in [5.74, 6) is 0.799. The van der Waals surface area contributed by atoms with Gasteiger partial charge in [-0.15, -0.1) is 0 Å². The Morgan fingerprint density at radius 2 is 2.11 bits per heavy atom. The highest BCUT2D eigenvalue weighted by Crippen LogP contribution is 2.24. The van der Waals surface area contributed by atoms with Crippen LogP contribution in [0.2, 0.25) is 0 Å². The summed E-state index contributed by atoms with van der Waals surface area (Å²) in [7, 11) is 3.04. The standard InChI is InChI=1S/C13H19NO4/c1-4-9(8-15)14-13(16)11-6-5-10(17-2)7-12(11)18-3/h5-7,9,15H,4,8H2,1-3H3,(H,14,16). The van der Waals surface area contributed by atoms with Crippen LogP contribution in [-0.4, -0.2) is 37.9 Å². The first-order valence-electron chi connectivity index (χ1n) is 5.80. The number of hydrogen-bond donors (Lipinski definition) is 2. The minimum Gasteiger partial charge on any atom is -0.497 e. The maximum absolute atomic E-state index is 12.0. The van der Waals surface area contributed by atoms with Crippen molar-refractivity contribution in [2.24, 2.45) is 0 Å². The molecule has 1 amide bonds. The topological polar surface area (TPSA) is 67.8 Å². The largest absolute Gasteiger partial charge is 0.497 e. The average molecular weight is 253 g/mol. The third-order valence-corrected chi connectivity index (χ3v) is 2.70. The van der Waals surface area contributed by atoms with Crippen molar-refractivity contribution in [3.05, 3.63) is 23.8 Å². The molecular formula is C13H19NO4. The molecule has 0 radical (unpaired) electrons. The van der Waals surface area contributed by atoms with Crippen molar-refractivity contribution in [2.45, 2.75) is 19.4 Å². The monoisotopic (exact) mass is 253 g/mol. The van der Waals surface area contributed by atoms with E-state index in [0.29, 0.717) is 23.5 Å². The summed E-state index contributed by atoms with van der Waals surface area (Å²) in [4.78, 5) is 12.0. The second kappa shape index (κ2) is 6.86. The van der Waals surface area contributed by atoms with Gasteiger partial charge in [-0.1, -0.05) is 6.92 Å². The number of carbonyl (C=O) groups excluding carboxylic acids is 1. The van der Waals surface area contributed by atoms with Gasteiger partial charge in [0.25, 0.3) is 5.91 Å². The fourth-order valence-corrected chi connectivity index (χ4v) is 1.53. The third kappa shape index (κ3) is 3.37. The van der Waals surface area contributed by atoms with E-state index in [-0.39, 0.29) is 18.6 Å². The Kier molecular flexibility index (Phi) is 5.45.